The minimum Gasteiger partial charge on any atom is -0.456 e. The predicted octanol–water partition coefficient (Wildman–Crippen LogP) is 4.23. The van der Waals surface area contributed by atoms with Gasteiger partial charge in [-0.05, 0) is 37.1 Å². The first kappa shape index (κ1) is 23.9. The Morgan fingerprint density at radius 3 is 2.67 bits per heavy atom. The number of nitrogens with zero attached hydrogens (tertiary/aromatic N) is 4. The summed E-state index contributed by atoms with van der Waals surface area (Å²) in [7, 11) is 1.77. The Hall–Kier alpha value is -3.82. The zero-order chi connectivity index (χ0) is 25.3. The second kappa shape index (κ2) is 9.67. The van der Waals surface area contributed by atoms with Crippen molar-refractivity contribution in [2.24, 2.45) is 0 Å². The van der Waals surface area contributed by atoms with Crippen LogP contribution in [-0.4, -0.2) is 53.9 Å². The van der Waals surface area contributed by atoms with Gasteiger partial charge in [-0.15, -0.1) is 0 Å². The zero-order valence-electron chi connectivity index (χ0n) is 20.0. The summed E-state index contributed by atoms with van der Waals surface area (Å²) in [6, 6.07) is 7.09. The van der Waals surface area contributed by atoms with Crippen LogP contribution in [0.1, 0.15) is 48.0 Å². The lowest BCUT2D eigenvalue weighted by Crippen LogP contribution is -2.45. The first-order valence-electron chi connectivity index (χ1n) is 12.0. The molecule has 0 bridgehead atoms. The number of nitrogens with one attached hydrogen (secondary N) is 1. The van der Waals surface area contributed by atoms with Gasteiger partial charge in [0.25, 0.3) is 12.4 Å². The van der Waals surface area contributed by atoms with E-state index < -0.39 is 17.3 Å². The number of hydrogen-bond donors (Lipinski definition) is 1. The first-order valence-corrected chi connectivity index (χ1v) is 12.0. The predicted molar refractivity (Wildman–Crippen MR) is 129 cm³/mol. The zero-order valence-corrected chi connectivity index (χ0v) is 20.0. The number of rotatable bonds is 6. The number of pyridine rings is 2. The van der Waals surface area contributed by atoms with Crippen molar-refractivity contribution in [2.75, 3.05) is 36.9 Å². The molecule has 0 atom stereocenters. The highest BCUT2D eigenvalue weighted by atomic mass is 19.2. The van der Waals surface area contributed by atoms with Crippen molar-refractivity contribution in [3.8, 4) is 0 Å². The third-order valence-corrected chi connectivity index (χ3v) is 7.29. The molecule has 10 heteroatoms. The Morgan fingerprint density at radius 2 is 1.92 bits per heavy atom. The fourth-order valence-corrected chi connectivity index (χ4v) is 5.41. The molecule has 1 fully saturated rings. The summed E-state index contributed by atoms with van der Waals surface area (Å²) in [6.45, 7) is 1.90. The summed E-state index contributed by atoms with van der Waals surface area (Å²) in [5.74, 6) is -0.502. The fourth-order valence-electron chi connectivity index (χ4n) is 5.41. The molecule has 188 valence electrons. The lowest BCUT2D eigenvalue weighted by Gasteiger charge is -2.41. The largest absolute Gasteiger partial charge is 0.456 e. The number of piperidine rings is 1. The lowest BCUT2D eigenvalue weighted by atomic mass is 9.84. The maximum atomic E-state index is 14.2. The number of hydrogen-bond acceptors (Lipinski definition) is 7. The summed E-state index contributed by atoms with van der Waals surface area (Å²) in [5, 5.41) is 3.06. The van der Waals surface area contributed by atoms with Crippen LogP contribution in [0, 0.1) is 0 Å². The minimum absolute atomic E-state index is 0.0272. The van der Waals surface area contributed by atoms with Gasteiger partial charge in [0.2, 0.25) is 0 Å². The van der Waals surface area contributed by atoms with Crippen LogP contribution in [0.25, 0.3) is 0 Å². The lowest BCUT2D eigenvalue weighted by molar-refractivity contribution is -0.147. The minimum atomic E-state index is -0.815. The van der Waals surface area contributed by atoms with Crippen LogP contribution < -0.4 is 10.2 Å². The van der Waals surface area contributed by atoms with Gasteiger partial charge in [0.1, 0.15) is 23.1 Å². The third kappa shape index (κ3) is 4.10. The van der Waals surface area contributed by atoms with Gasteiger partial charge in [0.05, 0.1) is 0 Å². The quantitative estimate of drug-likeness (QED) is 0.600. The molecule has 0 aromatic carbocycles. The van der Waals surface area contributed by atoms with Gasteiger partial charge in [-0.3, -0.25) is 9.59 Å². The number of ether oxygens (including phenoxy) is 1. The topological polar surface area (TPSA) is 87.7 Å². The van der Waals surface area contributed by atoms with Gasteiger partial charge in [-0.2, -0.15) is 0 Å². The Morgan fingerprint density at radius 1 is 1.11 bits per heavy atom. The normalized spacial score (nSPS) is 19.3. The van der Waals surface area contributed by atoms with E-state index in [9.17, 15) is 18.4 Å². The van der Waals surface area contributed by atoms with E-state index in [1.54, 1.807) is 36.5 Å². The van der Waals surface area contributed by atoms with Crippen LogP contribution in [0.4, 0.5) is 20.4 Å². The molecule has 0 spiro atoms. The molecular weight excluding hydrogens is 468 g/mol. The molecular formula is C26H27F2N5O3. The van der Waals surface area contributed by atoms with E-state index >= 15 is 0 Å². The Labute approximate surface area is 207 Å². The molecule has 1 saturated heterocycles. The van der Waals surface area contributed by atoms with E-state index in [-0.39, 0.29) is 12.3 Å². The second-order valence-corrected chi connectivity index (χ2v) is 9.10. The number of aromatic nitrogens is 2. The van der Waals surface area contributed by atoms with E-state index in [1.807, 2.05) is 17.0 Å². The van der Waals surface area contributed by atoms with E-state index in [0.717, 1.165) is 5.56 Å². The van der Waals surface area contributed by atoms with Gasteiger partial charge in [-0.1, -0.05) is 0 Å². The number of halogens is 2. The first-order chi connectivity index (χ1) is 17.5. The maximum Gasteiger partial charge on any atom is 0.293 e. The summed E-state index contributed by atoms with van der Waals surface area (Å²) in [6.07, 6.45) is 4.90. The molecule has 36 heavy (non-hydrogen) atoms. The van der Waals surface area contributed by atoms with Crippen LogP contribution in [-0.2, 0) is 15.1 Å². The summed E-state index contributed by atoms with van der Waals surface area (Å²) in [4.78, 5) is 37.1. The van der Waals surface area contributed by atoms with Crippen molar-refractivity contribution < 1.29 is 23.1 Å². The number of carbonyl (C=O) groups excluding carboxylic acids is 2. The van der Waals surface area contributed by atoms with Crippen LogP contribution in [0.3, 0.4) is 0 Å². The molecule has 2 aliphatic heterocycles. The van der Waals surface area contributed by atoms with E-state index in [4.69, 9.17) is 4.74 Å². The highest BCUT2D eigenvalue weighted by Gasteiger charge is 2.41. The van der Waals surface area contributed by atoms with Crippen molar-refractivity contribution in [3.05, 3.63) is 70.7 Å². The van der Waals surface area contributed by atoms with Crippen molar-refractivity contribution >= 4 is 24.0 Å². The molecule has 0 unspecified atom stereocenters. The standard InChI is InChI=1S/C26H27F2N5O3/c1-29-24-19(3-2-10-31-24)26(36-16-34)8-13-32(14-9-26)22-15-17(6-11-30-22)25(35)33-12-7-18-21(33)5-4-20(27)23(18)28/h2-3,6,10-11,15-16H,4-5,7-9,12-14H2,1H3,(H,29,31). The third-order valence-electron chi connectivity index (χ3n) is 7.29. The number of carbonyl (C=O) groups is 2. The van der Waals surface area contributed by atoms with Gasteiger partial charge in [0, 0.05) is 80.7 Å². The molecule has 0 radical (unpaired) electrons. The Bertz CT molecular complexity index is 1250. The smallest absolute Gasteiger partial charge is 0.293 e. The second-order valence-electron chi connectivity index (χ2n) is 9.10. The molecule has 5 rings (SSSR count). The molecule has 4 heterocycles. The van der Waals surface area contributed by atoms with Crippen LogP contribution in [0.15, 0.2) is 59.6 Å². The number of allylic oxidation sites excluding steroid dienone is 3. The molecule has 1 amide bonds. The van der Waals surface area contributed by atoms with Crippen LogP contribution >= 0.6 is 0 Å². The summed E-state index contributed by atoms with van der Waals surface area (Å²) >= 11 is 0. The highest BCUT2D eigenvalue weighted by Crippen LogP contribution is 2.41. The molecule has 3 aliphatic rings. The molecule has 1 aliphatic carbocycles. The Kier molecular flexibility index (Phi) is 6.42. The SMILES string of the molecule is CNc1ncccc1C1(OC=O)CCN(c2cc(C(=O)N3CCC4=C3CCC(F)=C4F)ccn2)CC1. The van der Waals surface area contributed by atoms with E-state index in [2.05, 4.69) is 15.3 Å². The van der Waals surface area contributed by atoms with Crippen molar-refractivity contribution in [1.29, 1.82) is 0 Å². The van der Waals surface area contributed by atoms with Crippen LogP contribution in [0.5, 0.6) is 0 Å². The molecule has 0 saturated carbocycles. The van der Waals surface area contributed by atoms with Gasteiger partial charge in [0.15, 0.2) is 5.83 Å². The van der Waals surface area contributed by atoms with E-state index in [0.29, 0.717) is 80.3 Å². The van der Waals surface area contributed by atoms with Crippen LogP contribution in [0.2, 0.25) is 0 Å². The molecule has 2 aromatic rings. The van der Waals surface area contributed by atoms with Gasteiger partial charge < -0.3 is 19.9 Å². The van der Waals surface area contributed by atoms with Gasteiger partial charge >= 0.3 is 0 Å². The fraction of sp³-hybridized carbons (Fsp3) is 0.385. The maximum absolute atomic E-state index is 14.2. The highest BCUT2D eigenvalue weighted by molar-refractivity contribution is 5.96. The average molecular weight is 496 g/mol. The average Bonchev–Trinajstić information content (AvgIpc) is 3.36. The summed E-state index contributed by atoms with van der Waals surface area (Å²) in [5.41, 5.74) is 1.32. The summed E-state index contributed by atoms with van der Waals surface area (Å²) < 4.78 is 33.6. The Balaban J connectivity index is 1.34. The van der Waals surface area contributed by atoms with Crippen molar-refractivity contribution in [3.63, 3.8) is 0 Å². The molecule has 2 aromatic heterocycles. The number of amides is 1. The van der Waals surface area contributed by atoms with Crippen molar-refractivity contribution in [1.82, 2.24) is 14.9 Å². The monoisotopic (exact) mass is 495 g/mol. The van der Waals surface area contributed by atoms with Crippen molar-refractivity contribution in [2.45, 2.75) is 37.7 Å². The molecule has 8 nitrogen and oxygen atoms in total. The number of anilines is 2. The van der Waals surface area contributed by atoms with E-state index in [1.165, 1.54) is 0 Å². The molecule has 1 N–H and O–H groups in total. The van der Waals surface area contributed by atoms with Gasteiger partial charge in [-0.25, -0.2) is 18.7 Å².